The topological polar surface area (TPSA) is 50.4 Å². The van der Waals surface area contributed by atoms with Crippen LogP contribution in [0.4, 0.5) is 10.5 Å². The van der Waals surface area contributed by atoms with Gasteiger partial charge in [-0.05, 0) is 36.4 Å². The molecule has 2 aromatic carbocycles. The second-order valence-electron chi connectivity index (χ2n) is 4.28. The third kappa shape index (κ3) is 4.98. The largest absolute Gasteiger partial charge is 0.492 e. The van der Waals surface area contributed by atoms with Gasteiger partial charge >= 0.3 is 6.03 Å². The normalized spacial score (nSPS) is 10.1. The van der Waals surface area contributed by atoms with Gasteiger partial charge in [0.2, 0.25) is 0 Å². The lowest BCUT2D eigenvalue weighted by atomic mass is 10.3. The van der Waals surface area contributed by atoms with E-state index in [1.54, 1.807) is 42.5 Å². The van der Waals surface area contributed by atoms with Crippen molar-refractivity contribution in [1.82, 2.24) is 5.32 Å². The Kier molecular flexibility index (Phi) is 6.19. The third-order valence-corrected chi connectivity index (χ3v) is 3.55. The summed E-state index contributed by atoms with van der Waals surface area (Å²) in [6, 6.07) is 11.6. The van der Waals surface area contributed by atoms with Gasteiger partial charge in [0.15, 0.2) is 0 Å². The van der Waals surface area contributed by atoms with E-state index in [1.165, 1.54) is 0 Å². The molecular formula is C15H13Cl3N2O2. The van der Waals surface area contributed by atoms with Crippen molar-refractivity contribution in [3.63, 3.8) is 0 Å². The van der Waals surface area contributed by atoms with Gasteiger partial charge in [-0.25, -0.2) is 4.79 Å². The number of carbonyl (C=O) groups is 1. The third-order valence-electron chi connectivity index (χ3n) is 2.67. The molecule has 2 aromatic rings. The van der Waals surface area contributed by atoms with Crippen LogP contribution >= 0.6 is 34.8 Å². The van der Waals surface area contributed by atoms with E-state index < -0.39 is 6.03 Å². The van der Waals surface area contributed by atoms with Crippen LogP contribution in [0.1, 0.15) is 0 Å². The predicted molar refractivity (Wildman–Crippen MR) is 90.4 cm³/mol. The van der Waals surface area contributed by atoms with Crippen LogP contribution in [-0.4, -0.2) is 19.2 Å². The van der Waals surface area contributed by atoms with Crippen molar-refractivity contribution in [1.29, 1.82) is 0 Å². The zero-order chi connectivity index (χ0) is 15.9. The lowest BCUT2D eigenvalue weighted by Crippen LogP contribution is -2.32. The lowest BCUT2D eigenvalue weighted by Gasteiger charge is -2.11. The van der Waals surface area contributed by atoms with Crippen LogP contribution in [0.15, 0.2) is 42.5 Å². The zero-order valence-electron chi connectivity index (χ0n) is 11.4. The molecule has 0 radical (unpaired) electrons. The Morgan fingerprint density at radius 1 is 1.00 bits per heavy atom. The number of benzene rings is 2. The Morgan fingerprint density at radius 3 is 2.27 bits per heavy atom. The van der Waals surface area contributed by atoms with Crippen molar-refractivity contribution in [3.05, 3.63) is 57.5 Å². The minimum absolute atomic E-state index is 0.325. The number of ether oxygens (including phenoxy) is 1. The molecule has 0 aliphatic heterocycles. The highest BCUT2D eigenvalue weighted by Gasteiger charge is 2.08. The predicted octanol–water partition coefficient (Wildman–Crippen LogP) is 4.85. The SMILES string of the molecule is O=C(NCCOc1ccc(Cl)cc1)Nc1c(Cl)cccc1Cl. The number of hydrogen-bond acceptors (Lipinski definition) is 2. The molecule has 0 spiro atoms. The minimum atomic E-state index is -0.408. The Bertz CT molecular complexity index is 627. The summed E-state index contributed by atoms with van der Waals surface area (Å²) in [7, 11) is 0. The first kappa shape index (κ1) is 16.7. The van der Waals surface area contributed by atoms with Crippen molar-refractivity contribution in [3.8, 4) is 5.75 Å². The summed E-state index contributed by atoms with van der Waals surface area (Å²) >= 11 is 17.7. The number of halogens is 3. The Labute approximate surface area is 143 Å². The lowest BCUT2D eigenvalue weighted by molar-refractivity contribution is 0.247. The molecule has 7 heteroatoms. The van der Waals surface area contributed by atoms with Crippen molar-refractivity contribution in [2.24, 2.45) is 0 Å². The minimum Gasteiger partial charge on any atom is -0.492 e. The molecule has 0 bridgehead atoms. The standard InChI is InChI=1S/C15H13Cl3N2O2/c16-10-4-6-11(7-5-10)22-9-8-19-15(21)20-14-12(17)2-1-3-13(14)18/h1-7H,8-9H2,(H2,19,20,21). The van der Waals surface area contributed by atoms with Crippen molar-refractivity contribution >= 4 is 46.5 Å². The summed E-state index contributed by atoms with van der Waals surface area (Å²) in [6.07, 6.45) is 0. The van der Waals surface area contributed by atoms with E-state index in [0.717, 1.165) is 0 Å². The summed E-state index contributed by atoms with van der Waals surface area (Å²) in [5.41, 5.74) is 0.377. The zero-order valence-corrected chi connectivity index (χ0v) is 13.7. The van der Waals surface area contributed by atoms with Crippen LogP contribution in [0.3, 0.4) is 0 Å². The highest BCUT2D eigenvalue weighted by molar-refractivity contribution is 6.39. The molecule has 0 aliphatic carbocycles. The van der Waals surface area contributed by atoms with Gasteiger partial charge in [-0.15, -0.1) is 0 Å². The number of amides is 2. The summed E-state index contributed by atoms with van der Waals surface area (Å²) in [5, 5.41) is 6.64. The van der Waals surface area contributed by atoms with Crippen LogP contribution in [0.25, 0.3) is 0 Å². The molecular weight excluding hydrogens is 347 g/mol. The number of rotatable bonds is 5. The number of carbonyl (C=O) groups excluding carboxylic acids is 1. The molecule has 116 valence electrons. The first-order valence-electron chi connectivity index (χ1n) is 6.43. The maximum atomic E-state index is 11.8. The fourth-order valence-electron chi connectivity index (χ4n) is 1.64. The molecule has 2 rings (SSSR count). The van der Waals surface area contributed by atoms with E-state index in [9.17, 15) is 4.79 Å². The van der Waals surface area contributed by atoms with Crippen LogP contribution in [0, 0.1) is 0 Å². The average molecular weight is 360 g/mol. The Balaban J connectivity index is 1.75. The fraction of sp³-hybridized carbons (Fsp3) is 0.133. The van der Waals surface area contributed by atoms with Crippen molar-refractivity contribution < 1.29 is 9.53 Å². The summed E-state index contributed by atoms with van der Waals surface area (Å²) in [4.78, 5) is 11.8. The number of urea groups is 1. The Morgan fingerprint density at radius 2 is 1.64 bits per heavy atom. The molecule has 0 atom stereocenters. The second kappa shape index (κ2) is 8.13. The maximum Gasteiger partial charge on any atom is 0.319 e. The molecule has 0 saturated heterocycles. The van der Waals surface area contributed by atoms with Gasteiger partial charge in [0.05, 0.1) is 22.3 Å². The van der Waals surface area contributed by atoms with Gasteiger partial charge < -0.3 is 15.4 Å². The summed E-state index contributed by atoms with van der Waals surface area (Å²) < 4.78 is 5.46. The molecule has 4 nitrogen and oxygen atoms in total. The van der Waals surface area contributed by atoms with E-state index in [0.29, 0.717) is 39.7 Å². The second-order valence-corrected chi connectivity index (χ2v) is 5.53. The Hall–Kier alpha value is -1.62. The monoisotopic (exact) mass is 358 g/mol. The van der Waals surface area contributed by atoms with Gasteiger partial charge in [-0.2, -0.15) is 0 Å². The van der Waals surface area contributed by atoms with Crippen molar-refractivity contribution in [2.75, 3.05) is 18.5 Å². The van der Waals surface area contributed by atoms with Gasteiger partial charge in [0, 0.05) is 5.02 Å². The molecule has 0 saturated carbocycles. The highest BCUT2D eigenvalue weighted by Crippen LogP contribution is 2.29. The highest BCUT2D eigenvalue weighted by atomic mass is 35.5. The van der Waals surface area contributed by atoms with Crippen LogP contribution in [0.2, 0.25) is 15.1 Å². The number of anilines is 1. The number of hydrogen-bond donors (Lipinski definition) is 2. The molecule has 2 N–H and O–H groups in total. The number of para-hydroxylation sites is 1. The first-order valence-corrected chi connectivity index (χ1v) is 7.57. The smallest absolute Gasteiger partial charge is 0.319 e. The fourth-order valence-corrected chi connectivity index (χ4v) is 2.26. The van der Waals surface area contributed by atoms with Gasteiger partial charge in [-0.1, -0.05) is 40.9 Å². The van der Waals surface area contributed by atoms with E-state index in [2.05, 4.69) is 10.6 Å². The molecule has 0 heterocycles. The molecule has 0 fully saturated rings. The quantitative estimate of drug-likeness (QED) is 0.750. The molecule has 22 heavy (non-hydrogen) atoms. The molecule has 0 unspecified atom stereocenters. The van der Waals surface area contributed by atoms with Crippen LogP contribution in [0.5, 0.6) is 5.75 Å². The van der Waals surface area contributed by atoms with E-state index in [4.69, 9.17) is 39.5 Å². The van der Waals surface area contributed by atoms with E-state index in [1.807, 2.05) is 0 Å². The van der Waals surface area contributed by atoms with Crippen molar-refractivity contribution in [2.45, 2.75) is 0 Å². The molecule has 0 aliphatic rings. The molecule has 0 aromatic heterocycles. The van der Waals surface area contributed by atoms with Gasteiger partial charge in [-0.3, -0.25) is 0 Å². The van der Waals surface area contributed by atoms with E-state index in [-0.39, 0.29) is 0 Å². The average Bonchev–Trinajstić information content (AvgIpc) is 2.49. The first-order chi connectivity index (χ1) is 10.6. The van der Waals surface area contributed by atoms with Crippen LogP contribution in [-0.2, 0) is 0 Å². The molecule has 2 amide bonds. The maximum absolute atomic E-state index is 11.8. The van der Waals surface area contributed by atoms with Crippen LogP contribution < -0.4 is 15.4 Å². The van der Waals surface area contributed by atoms with Gasteiger partial charge in [0.25, 0.3) is 0 Å². The van der Waals surface area contributed by atoms with Gasteiger partial charge in [0.1, 0.15) is 12.4 Å². The summed E-state index contributed by atoms with van der Waals surface area (Å²) in [6.45, 7) is 0.655. The summed E-state index contributed by atoms with van der Waals surface area (Å²) in [5.74, 6) is 0.681. The number of nitrogens with one attached hydrogen (secondary N) is 2. The van der Waals surface area contributed by atoms with E-state index >= 15 is 0 Å².